The van der Waals surface area contributed by atoms with Crippen LogP contribution in [0.5, 0.6) is 11.5 Å². The molecular weight excluding hydrogens is 593 g/mol. The van der Waals surface area contributed by atoms with Gasteiger partial charge in [0, 0.05) is 36.1 Å². The highest BCUT2D eigenvalue weighted by molar-refractivity contribution is 6.62. The van der Waals surface area contributed by atoms with E-state index in [2.05, 4.69) is 11.1 Å². The zero-order valence-corrected chi connectivity index (χ0v) is 27.2. The van der Waals surface area contributed by atoms with Gasteiger partial charge in [-0.3, -0.25) is 14.7 Å². The molecule has 3 aromatic rings. The maximum atomic E-state index is 12.0. The van der Waals surface area contributed by atoms with Crippen LogP contribution in [-0.4, -0.2) is 51.9 Å². The zero-order chi connectivity index (χ0) is 32.4. The van der Waals surface area contributed by atoms with Gasteiger partial charge in [0.2, 0.25) is 0 Å². The van der Waals surface area contributed by atoms with Crippen molar-refractivity contribution in [1.82, 2.24) is 9.88 Å². The van der Waals surface area contributed by atoms with Gasteiger partial charge in [0.05, 0.1) is 21.8 Å². The number of carboxylic acid groups (broad SMARTS) is 1. The van der Waals surface area contributed by atoms with Gasteiger partial charge in [0.25, 0.3) is 0 Å². The Bertz CT molecular complexity index is 1590. The highest BCUT2D eigenvalue weighted by Crippen LogP contribution is 2.38. The smallest absolute Gasteiger partial charge is 0.488 e. The Balaban J connectivity index is 1.39. The fraction of sp³-hybridized carbons (Fsp3) is 0.441. The van der Waals surface area contributed by atoms with Crippen molar-refractivity contribution in [1.29, 1.82) is 5.26 Å². The van der Waals surface area contributed by atoms with Gasteiger partial charge in [-0.1, -0.05) is 36.2 Å². The summed E-state index contributed by atoms with van der Waals surface area (Å²) >= 11 is 6.78. The molecule has 1 atom stereocenters. The summed E-state index contributed by atoms with van der Waals surface area (Å²) in [7, 11) is -0.490. The van der Waals surface area contributed by atoms with Gasteiger partial charge in [-0.15, -0.1) is 0 Å². The van der Waals surface area contributed by atoms with E-state index in [-0.39, 0.29) is 13.2 Å². The van der Waals surface area contributed by atoms with E-state index in [1.54, 1.807) is 24.4 Å². The van der Waals surface area contributed by atoms with Crippen molar-refractivity contribution in [2.45, 2.75) is 90.9 Å². The summed E-state index contributed by atoms with van der Waals surface area (Å²) in [5.74, 6) is 0.128. The second kappa shape index (κ2) is 13.4. The van der Waals surface area contributed by atoms with Crippen LogP contribution < -0.4 is 14.9 Å². The van der Waals surface area contributed by atoms with Gasteiger partial charge < -0.3 is 23.9 Å². The number of ether oxygens (including phenoxy) is 2. The first-order valence-electron chi connectivity index (χ1n) is 15.2. The predicted octanol–water partition coefficient (Wildman–Crippen LogP) is 5.81. The monoisotopic (exact) mass is 631 g/mol. The van der Waals surface area contributed by atoms with Crippen molar-refractivity contribution in [2.24, 2.45) is 0 Å². The molecule has 2 saturated heterocycles. The van der Waals surface area contributed by atoms with Gasteiger partial charge in [0.1, 0.15) is 36.8 Å². The number of hydrogen-bond acceptors (Lipinski definition) is 8. The number of piperidine rings is 1. The molecule has 11 heteroatoms. The van der Waals surface area contributed by atoms with E-state index in [9.17, 15) is 15.2 Å². The number of benzene rings is 2. The molecule has 0 radical (unpaired) electrons. The molecule has 2 fully saturated rings. The average Bonchev–Trinajstić information content (AvgIpc) is 3.22. The number of aromatic nitrogens is 1. The van der Waals surface area contributed by atoms with Gasteiger partial charge in [0.15, 0.2) is 0 Å². The van der Waals surface area contributed by atoms with E-state index < -0.39 is 30.3 Å². The summed E-state index contributed by atoms with van der Waals surface area (Å²) in [6, 6.07) is 12.8. The number of halogens is 1. The summed E-state index contributed by atoms with van der Waals surface area (Å²) in [5.41, 5.74) is 3.93. The lowest BCUT2D eigenvalue weighted by atomic mass is 9.75. The number of aliphatic carboxylic acids is 1. The summed E-state index contributed by atoms with van der Waals surface area (Å²) in [6.07, 6.45) is 5.54. The van der Waals surface area contributed by atoms with E-state index >= 15 is 0 Å². The van der Waals surface area contributed by atoms with Gasteiger partial charge in [-0.05, 0) is 82.7 Å². The third-order valence-corrected chi connectivity index (χ3v) is 9.38. The van der Waals surface area contributed by atoms with Crippen LogP contribution in [0, 0.1) is 18.3 Å². The number of carboxylic acids is 1. The van der Waals surface area contributed by atoms with E-state index in [0.29, 0.717) is 41.6 Å². The Labute approximate surface area is 270 Å². The second-order valence-electron chi connectivity index (χ2n) is 12.7. The maximum absolute atomic E-state index is 12.0. The van der Waals surface area contributed by atoms with Crippen molar-refractivity contribution in [2.75, 3.05) is 6.54 Å². The van der Waals surface area contributed by atoms with Crippen molar-refractivity contribution in [3.05, 3.63) is 81.6 Å². The molecule has 2 aliphatic heterocycles. The Hall–Kier alpha value is -3.62. The average molecular weight is 632 g/mol. The fourth-order valence-electron chi connectivity index (χ4n) is 5.65. The third-order valence-electron chi connectivity index (χ3n) is 9.08. The molecule has 0 saturated carbocycles. The van der Waals surface area contributed by atoms with E-state index in [1.807, 2.05) is 57.7 Å². The molecule has 1 aromatic heterocycles. The Morgan fingerprint density at radius 3 is 2.53 bits per heavy atom. The number of likely N-dealkylation sites (tertiary alicyclic amines) is 1. The first-order chi connectivity index (χ1) is 21.4. The standard InChI is InChI=1S/C34H39BClN3O6/c1-22-25(9-8-10-27(22)35-44-33(2,3)34(4,5)45-35)21-43-31-15-30(42-20-24-13-23(16-37)17-38-18-24)26(14-28(31)36)19-39-12-7-6-11-29(39)32(40)41/h8-10,13-15,17-18,29H,6-7,11-12,19-21H2,1-5H3,(H,40,41). The van der Waals surface area contributed by atoms with Crippen LogP contribution >= 0.6 is 11.6 Å². The molecule has 5 rings (SSSR count). The minimum absolute atomic E-state index is 0.161. The molecule has 0 aliphatic carbocycles. The van der Waals surface area contributed by atoms with Gasteiger partial charge in [-0.25, -0.2) is 0 Å². The van der Waals surface area contributed by atoms with E-state index in [0.717, 1.165) is 40.6 Å². The maximum Gasteiger partial charge on any atom is 0.495 e. The molecule has 0 bridgehead atoms. The number of nitriles is 1. The minimum atomic E-state index is -0.833. The summed E-state index contributed by atoms with van der Waals surface area (Å²) in [4.78, 5) is 18.1. The van der Waals surface area contributed by atoms with Crippen molar-refractivity contribution < 1.29 is 28.7 Å². The Kier molecular flexibility index (Phi) is 9.75. The molecule has 2 aliphatic rings. The SMILES string of the molecule is Cc1c(COc2cc(OCc3cncc(C#N)c3)c(CN3CCCCC3C(=O)O)cc2Cl)cccc1B1OC(C)(C)C(C)(C)O1. The number of rotatable bonds is 10. The fourth-order valence-corrected chi connectivity index (χ4v) is 5.89. The van der Waals surface area contributed by atoms with Crippen LogP contribution in [0.3, 0.4) is 0 Å². The van der Waals surface area contributed by atoms with Gasteiger partial charge in [-0.2, -0.15) is 5.26 Å². The summed E-state index contributed by atoms with van der Waals surface area (Å²) in [5, 5.41) is 19.5. The lowest BCUT2D eigenvalue weighted by Gasteiger charge is -2.33. The molecule has 0 spiro atoms. The number of hydrogen-bond donors (Lipinski definition) is 1. The van der Waals surface area contributed by atoms with Crippen LogP contribution in [0.4, 0.5) is 0 Å². The molecular formula is C34H39BClN3O6. The largest absolute Gasteiger partial charge is 0.495 e. The normalized spacial score (nSPS) is 19.2. The topological polar surface area (TPSA) is 114 Å². The van der Waals surface area contributed by atoms with Crippen molar-refractivity contribution in [3.63, 3.8) is 0 Å². The lowest BCUT2D eigenvalue weighted by molar-refractivity contribution is -0.144. The summed E-state index contributed by atoms with van der Waals surface area (Å²) in [6.45, 7) is 11.6. The Morgan fingerprint density at radius 1 is 1.09 bits per heavy atom. The van der Waals surface area contributed by atoms with Gasteiger partial charge >= 0.3 is 13.1 Å². The molecule has 236 valence electrons. The molecule has 9 nitrogen and oxygen atoms in total. The van der Waals surface area contributed by atoms with Crippen LogP contribution in [0.2, 0.25) is 5.02 Å². The number of pyridine rings is 1. The predicted molar refractivity (Wildman–Crippen MR) is 172 cm³/mol. The molecule has 3 heterocycles. The van der Waals surface area contributed by atoms with Crippen molar-refractivity contribution in [3.8, 4) is 17.6 Å². The lowest BCUT2D eigenvalue weighted by Crippen LogP contribution is -2.44. The van der Waals surface area contributed by atoms with E-state index in [4.69, 9.17) is 30.4 Å². The van der Waals surface area contributed by atoms with Crippen LogP contribution in [0.1, 0.15) is 74.8 Å². The quantitative estimate of drug-likeness (QED) is 0.277. The van der Waals surface area contributed by atoms with Crippen LogP contribution in [-0.2, 0) is 33.9 Å². The minimum Gasteiger partial charge on any atom is -0.488 e. The van der Waals surface area contributed by atoms with Crippen LogP contribution in [0.15, 0.2) is 48.8 Å². The Morgan fingerprint density at radius 2 is 1.82 bits per heavy atom. The number of carbonyl (C=O) groups is 1. The molecule has 2 aromatic carbocycles. The zero-order valence-electron chi connectivity index (χ0n) is 26.4. The molecule has 1 N–H and O–H groups in total. The molecule has 0 amide bonds. The summed E-state index contributed by atoms with van der Waals surface area (Å²) < 4.78 is 25.1. The van der Waals surface area contributed by atoms with Crippen LogP contribution in [0.25, 0.3) is 0 Å². The number of nitrogens with zero attached hydrogens (tertiary/aromatic N) is 3. The highest BCUT2D eigenvalue weighted by Gasteiger charge is 2.52. The van der Waals surface area contributed by atoms with E-state index in [1.165, 1.54) is 6.20 Å². The first kappa shape index (κ1) is 32.8. The highest BCUT2D eigenvalue weighted by atomic mass is 35.5. The third kappa shape index (κ3) is 7.28. The second-order valence-corrected chi connectivity index (χ2v) is 13.1. The molecule has 1 unspecified atom stereocenters. The first-order valence-corrected chi connectivity index (χ1v) is 15.6. The molecule has 45 heavy (non-hydrogen) atoms. The van der Waals surface area contributed by atoms with Crippen molar-refractivity contribution >= 4 is 30.2 Å².